The van der Waals surface area contributed by atoms with Gasteiger partial charge in [0.25, 0.3) is 0 Å². The smallest absolute Gasteiger partial charge is 0.342 e. The zero-order valence-corrected chi connectivity index (χ0v) is 10.4. The number of fused-ring (bicyclic) bond motifs is 1. The molecule has 0 spiro atoms. The third-order valence-corrected chi connectivity index (χ3v) is 4.59. The van der Waals surface area contributed by atoms with E-state index in [4.69, 9.17) is 0 Å². The Labute approximate surface area is 106 Å². The predicted molar refractivity (Wildman–Crippen MR) is 61.6 cm³/mol. The van der Waals surface area contributed by atoms with Crippen LogP contribution in [0.25, 0.3) is 0 Å². The molecule has 8 heteroatoms. The Bertz CT molecular complexity index is 433. The first-order chi connectivity index (χ1) is 8.55. The number of aromatic nitrogens is 2. The highest BCUT2D eigenvalue weighted by molar-refractivity contribution is 7.15. The largest absolute Gasteiger partial charge is 0.445 e. The van der Waals surface area contributed by atoms with Gasteiger partial charge in [0.2, 0.25) is 10.1 Å². The van der Waals surface area contributed by atoms with Crippen LogP contribution in [-0.4, -0.2) is 35.9 Å². The van der Waals surface area contributed by atoms with Crippen molar-refractivity contribution in [3.8, 4) is 0 Å². The van der Waals surface area contributed by atoms with Crippen LogP contribution in [0.1, 0.15) is 17.8 Å². The lowest BCUT2D eigenvalue weighted by atomic mass is 9.92. The fraction of sp³-hybridized carbons (Fsp3) is 0.800. The van der Waals surface area contributed by atoms with Crippen molar-refractivity contribution >= 4 is 16.5 Å². The fourth-order valence-electron chi connectivity index (χ4n) is 2.75. The van der Waals surface area contributed by atoms with Crippen molar-refractivity contribution in [2.75, 3.05) is 24.5 Å². The van der Waals surface area contributed by atoms with Crippen LogP contribution in [0.5, 0.6) is 0 Å². The minimum absolute atomic E-state index is 0.271. The normalized spacial score (nSPS) is 28.5. The van der Waals surface area contributed by atoms with E-state index in [2.05, 4.69) is 15.5 Å². The Morgan fingerprint density at radius 2 is 2.11 bits per heavy atom. The van der Waals surface area contributed by atoms with Crippen LogP contribution in [0.4, 0.5) is 18.3 Å². The number of nitrogens with one attached hydrogen (secondary N) is 1. The second-order valence-corrected chi connectivity index (χ2v) is 5.66. The number of nitrogens with zero attached hydrogens (tertiary/aromatic N) is 3. The molecule has 2 fully saturated rings. The Balaban J connectivity index is 1.83. The summed E-state index contributed by atoms with van der Waals surface area (Å²) in [5.41, 5.74) is 0. The van der Waals surface area contributed by atoms with E-state index in [-0.39, 0.29) is 6.04 Å². The van der Waals surface area contributed by atoms with Gasteiger partial charge in [0, 0.05) is 25.7 Å². The number of hydrogen-bond acceptors (Lipinski definition) is 5. The summed E-state index contributed by atoms with van der Waals surface area (Å²) in [4.78, 5) is 1.99. The number of hydrogen-bond donors (Lipinski definition) is 1. The molecule has 2 aliphatic heterocycles. The minimum atomic E-state index is -4.39. The maximum absolute atomic E-state index is 12.5. The van der Waals surface area contributed by atoms with E-state index in [0.717, 1.165) is 32.5 Å². The van der Waals surface area contributed by atoms with Gasteiger partial charge in [0.1, 0.15) is 0 Å². The molecule has 100 valence electrons. The Morgan fingerprint density at radius 3 is 2.83 bits per heavy atom. The molecule has 4 nitrogen and oxygen atoms in total. The molecule has 0 amide bonds. The van der Waals surface area contributed by atoms with Crippen LogP contribution in [0.15, 0.2) is 0 Å². The van der Waals surface area contributed by atoms with Gasteiger partial charge >= 0.3 is 6.18 Å². The van der Waals surface area contributed by atoms with Crippen molar-refractivity contribution in [3.05, 3.63) is 5.01 Å². The van der Waals surface area contributed by atoms with E-state index in [1.54, 1.807) is 0 Å². The van der Waals surface area contributed by atoms with Crippen molar-refractivity contribution in [1.82, 2.24) is 15.5 Å². The summed E-state index contributed by atoms with van der Waals surface area (Å²) in [6.07, 6.45) is -2.25. The maximum atomic E-state index is 12.5. The molecule has 2 atom stereocenters. The monoisotopic (exact) mass is 278 g/mol. The van der Waals surface area contributed by atoms with E-state index < -0.39 is 11.2 Å². The molecule has 1 aromatic rings. The van der Waals surface area contributed by atoms with E-state index >= 15 is 0 Å². The molecule has 3 heterocycles. The van der Waals surface area contributed by atoms with Gasteiger partial charge in [0.05, 0.1) is 0 Å². The maximum Gasteiger partial charge on any atom is 0.445 e. The molecule has 3 rings (SSSR count). The first-order valence-corrected chi connectivity index (χ1v) is 6.75. The molecule has 2 aliphatic rings. The number of alkyl halides is 3. The van der Waals surface area contributed by atoms with Crippen LogP contribution >= 0.6 is 11.3 Å². The third-order valence-electron chi connectivity index (χ3n) is 3.58. The highest BCUT2D eigenvalue weighted by Crippen LogP contribution is 2.37. The number of rotatable bonds is 1. The number of piperidine rings is 1. The number of anilines is 1. The van der Waals surface area contributed by atoms with Gasteiger partial charge in [-0.05, 0) is 18.8 Å². The summed E-state index contributed by atoms with van der Waals surface area (Å²) in [6.45, 7) is 2.55. The summed E-state index contributed by atoms with van der Waals surface area (Å²) < 4.78 is 37.5. The summed E-state index contributed by atoms with van der Waals surface area (Å²) in [5.74, 6) is 0.525. The quantitative estimate of drug-likeness (QED) is 0.849. The van der Waals surface area contributed by atoms with Gasteiger partial charge in [-0.15, -0.1) is 10.2 Å². The van der Waals surface area contributed by atoms with Crippen molar-refractivity contribution in [1.29, 1.82) is 0 Å². The standard InChI is InChI=1S/C10H13F3N4S/c11-10(12,13)8-15-16-9(18-8)17-3-1-2-6-4-14-5-7(6)17/h6-7,14H,1-5H2. The summed E-state index contributed by atoms with van der Waals surface area (Å²) >= 11 is 0.646. The van der Waals surface area contributed by atoms with Crippen LogP contribution in [0, 0.1) is 5.92 Å². The molecular formula is C10H13F3N4S. The van der Waals surface area contributed by atoms with E-state index in [9.17, 15) is 13.2 Å². The lowest BCUT2D eigenvalue weighted by Crippen LogP contribution is -2.45. The molecule has 1 aromatic heterocycles. The SMILES string of the molecule is FC(F)(F)c1nnc(N2CCCC3CNCC32)s1. The summed E-state index contributed by atoms with van der Waals surface area (Å²) in [6, 6.07) is 0.271. The lowest BCUT2D eigenvalue weighted by Gasteiger charge is -2.36. The van der Waals surface area contributed by atoms with Crippen molar-refractivity contribution < 1.29 is 13.2 Å². The lowest BCUT2D eigenvalue weighted by molar-refractivity contribution is -0.138. The molecule has 0 radical (unpaired) electrons. The van der Waals surface area contributed by atoms with Gasteiger partial charge < -0.3 is 10.2 Å². The predicted octanol–water partition coefficient (Wildman–Crippen LogP) is 1.75. The molecular weight excluding hydrogens is 265 g/mol. The molecule has 2 saturated heterocycles. The van der Waals surface area contributed by atoms with Crippen molar-refractivity contribution in [3.63, 3.8) is 0 Å². The zero-order chi connectivity index (χ0) is 12.8. The van der Waals surface area contributed by atoms with Crippen LogP contribution in [-0.2, 0) is 6.18 Å². The average molecular weight is 278 g/mol. The Kier molecular flexibility index (Phi) is 2.93. The van der Waals surface area contributed by atoms with E-state index in [1.807, 2.05) is 4.90 Å². The molecule has 18 heavy (non-hydrogen) atoms. The molecule has 0 saturated carbocycles. The van der Waals surface area contributed by atoms with Gasteiger partial charge in [-0.2, -0.15) is 13.2 Å². The average Bonchev–Trinajstić information content (AvgIpc) is 2.96. The summed E-state index contributed by atoms with van der Waals surface area (Å²) in [5, 5.41) is 9.81. The van der Waals surface area contributed by atoms with Gasteiger partial charge in [-0.3, -0.25) is 0 Å². The minimum Gasteiger partial charge on any atom is -0.342 e. The zero-order valence-electron chi connectivity index (χ0n) is 9.57. The van der Waals surface area contributed by atoms with E-state index in [0.29, 0.717) is 22.4 Å². The highest BCUT2D eigenvalue weighted by atomic mass is 32.1. The third kappa shape index (κ3) is 2.07. The van der Waals surface area contributed by atoms with Crippen molar-refractivity contribution in [2.45, 2.75) is 25.1 Å². The van der Waals surface area contributed by atoms with Gasteiger partial charge in [0.15, 0.2) is 0 Å². The van der Waals surface area contributed by atoms with Crippen LogP contribution < -0.4 is 10.2 Å². The van der Waals surface area contributed by atoms with Crippen molar-refractivity contribution in [2.24, 2.45) is 5.92 Å². The Hall–Kier alpha value is -0.890. The fourth-order valence-corrected chi connectivity index (χ4v) is 3.55. The topological polar surface area (TPSA) is 41.1 Å². The second kappa shape index (κ2) is 4.34. The first kappa shape index (κ1) is 12.2. The highest BCUT2D eigenvalue weighted by Gasteiger charge is 2.39. The van der Waals surface area contributed by atoms with Crippen LogP contribution in [0.2, 0.25) is 0 Å². The molecule has 2 unspecified atom stereocenters. The molecule has 0 aromatic carbocycles. The number of halogens is 3. The second-order valence-electron chi connectivity index (χ2n) is 4.71. The van der Waals surface area contributed by atoms with Gasteiger partial charge in [-0.25, -0.2) is 0 Å². The molecule has 0 bridgehead atoms. The first-order valence-electron chi connectivity index (χ1n) is 5.94. The molecule has 0 aliphatic carbocycles. The van der Waals surface area contributed by atoms with Crippen LogP contribution in [0.3, 0.4) is 0 Å². The van der Waals surface area contributed by atoms with E-state index in [1.165, 1.54) is 0 Å². The Morgan fingerprint density at radius 1 is 1.28 bits per heavy atom. The van der Waals surface area contributed by atoms with Gasteiger partial charge in [-0.1, -0.05) is 11.3 Å². The molecule has 1 N–H and O–H groups in total. The summed E-state index contributed by atoms with van der Waals surface area (Å²) in [7, 11) is 0.